The van der Waals surface area contributed by atoms with Gasteiger partial charge in [0.2, 0.25) is 11.8 Å². The first-order valence-corrected chi connectivity index (χ1v) is 7.88. The van der Waals surface area contributed by atoms with Crippen molar-refractivity contribution in [2.24, 2.45) is 0 Å². The first-order valence-electron chi connectivity index (χ1n) is 7.88. The zero-order valence-corrected chi connectivity index (χ0v) is 15.1. The van der Waals surface area contributed by atoms with Gasteiger partial charge < -0.3 is 20.2 Å². The zero-order chi connectivity index (χ0) is 22.1. The van der Waals surface area contributed by atoms with E-state index < -0.39 is 36.7 Å². The predicted octanol–water partition coefficient (Wildman–Crippen LogP) is 1.41. The quantitative estimate of drug-likeness (QED) is 0.518. The number of carboxylic acids is 1. The summed E-state index contributed by atoms with van der Waals surface area (Å²) in [6.45, 7) is 1.31. The molecule has 2 amide bonds. The number of alkyl halides is 6. The number of halogens is 6. The lowest BCUT2D eigenvalue weighted by atomic mass is 10.2. The molecule has 1 rings (SSSR count). The summed E-state index contributed by atoms with van der Waals surface area (Å²) in [6.07, 6.45) is -7.44. The van der Waals surface area contributed by atoms with Gasteiger partial charge in [-0.15, -0.1) is 0 Å². The molecule has 0 saturated carbocycles. The Morgan fingerprint density at radius 1 is 1.18 bits per heavy atom. The molecule has 0 bridgehead atoms. The minimum atomic E-state index is -5.08. The van der Waals surface area contributed by atoms with Crippen molar-refractivity contribution in [3.05, 3.63) is 12.2 Å². The van der Waals surface area contributed by atoms with Crippen LogP contribution in [-0.2, 0) is 14.4 Å². The lowest BCUT2D eigenvalue weighted by Gasteiger charge is -2.16. The van der Waals surface area contributed by atoms with E-state index in [0.717, 1.165) is 0 Å². The molecule has 13 heteroatoms. The predicted molar refractivity (Wildman–Crippen MR) is 85.2 cm³/mol. The van der Waals surface area contributed by atoms with Crippen LogP contribution in [0.1, 0.15) is 12.8 Å². The molecule has 1 unspecified atom stereocenters. The van der Waals surface area contributed by atoms with E-state index in [4.69, 9.17) is 9.90 Å². The van der Waals surface area contributed by atoms with E-state index >= 15 is 0 Å². The van der Waals surface area contributed by atoms with Crippen LogP contribution in [0.5, 0.6) is 0 Å². The van der Waals surface area contributed by atoms with Crippen LogP contribution in [0.25, 0.3) is 0 Å². The standard InChI is InChI=1S/C13H20F3N3O2.C2HF3O2/c1-18(2)6-3-4-12(21)19-7-5-10(9-19)17-11(20)8-13(14,15)16;3-2(4,5)1(6)7/h3-4,10H,5-9H2,1-2H3,(H,17,20);(H,6,7)/b4-3+;. The number of likely N-dealkylation sites (tertiary alicyclic amines) is 1. The molecule has 28 heavy (non-hydrogen) atoms. The molecular formula is C15H21F6N3O4. The summed E-state index contributed by atoms with van der Waals surface area (Å²) in [7, 11) is 3.74. The first-order chi connectivity index (χ1) is 12.6. The highest BCUT2D eigenvalue weighted by Gasteiger charge is 2.38. The van der Waals surface area contributed by atoms with Gasteiger partial charge in [-0.05, 0) is 20.5 Å². The molecule has 162 valence electrons. The molecule has 0 aliphatic carbocycles. The molecule has 0 radical (unpaired) electrons. The van der Waals surface area contributed by atoms with Crippen LogP contribution in [0.4, 0.5) is 26.3 Å². The topological polar surface area (TPSA) is 90.0 Å². The van der Waals surface area contributed by atoms with Crippen LogP contribution in [-0.4, -0.2) is 84.8 Å². The fourth-order valence-corrected chi connectivity index (χ4v) is 2.01. The number of amides is 2. The number of likely N-dealkylation sites (N-methyl/N-ethyl adjacent to an activating group) is 1. The molecule has 7 nitrogen and oxygen atoms in total. The van der Waals surface area contributed by atoms with Gasteiger partial charge in [-0.3, -0.25) is 9.59 Å². The average Bonchev–Trinajstić information content (AvgIpc) is 2.92. The molecule has 1 fully saturated rings. The highest BCUT2D eigenvalue weighted by molar-refractivity contribution is 5.88. The van der Waals surface area contributed by atoms with E-state index in [-0.39, 0.29) is 12.5 Å². The number of carbonyl (C=O) groups excluding carboxylic acids is 2. The van der Waals surface area contributed by atoms with Crippen LogP contribution in [0.3, 0.4) is 0 Å². The van der Waals surface area contributed by atoms with Crippen molar-refractivity contribution in [2.45, 2.75) is 31.2 Å². The summed E-state index contributed by atoms with van der Waals surface area (Å²) in [5.41, 5.74) is 0. The number of nitrogens with zero attached hydrogens (tertiary/aromatic N) is 2. The smallest absolute Gasteiger partial charge is 0.475 e. The highest BCUT2D eigenvalue weighted by atomic mass is 19.4. The molecule has 0 aromatic rings. The van der Waals surface area contributed by atoms with Crippen molar-refractivity contribution in [2.75, 3.05) is 33.7 Å². The SMILES string of the molecule is CN(C)C/C=C/C(=O)N1CCC(NC(=O)CC(F)(F)F)C1.O=C(O)C(F)(F)F. The van der Waals surface area contributed by atoms with E-state index in [2.05, 4.69) is 5.32 Å². The van der Waals surface area contributed by atoms with Gasteiger partial charge in [0.15, 0.2) is 0 Å². The summed E-state index contributed by atoms with van der Waals surface area (Å²) in [4.78, 5) is 35.3. The number of hydrogen-bond acceptors (Lipinski definition) is 4. The number of rotatable bonds is 5. The molecule has 1 saturated heterocycles. The van der Waals surface area contributed by atoms with Crippen molar-refractivity contribution < 1.29 is 45.8 Å². The van der Waals surface area contributed by atoms with E-state index in [1.165, 1.54) is 11.0 Å². The average molecular weight is 421 g/mol. The van der Waals surface area contributed by atoms with Gasteiger partial charge in [0.1, 0.15) is 6.42 Å². The lowest BCUT2D eigenvalue weighted by molar-refractivity contribution is -0.192. The van der Waals surface area contributed by atoms with Gasteiger partial charge in [0.05, 0.1) is 0 Å². The van der Waals surface area contributed by atoms with Crippen LogP contribution in [0.15, 0.2) is 12.2 Å². The van der Waals surface area contributed by atoms with E-state index in [0.29, 0.717) is 19.5 Å². The molecule has 1 atom stereocenters. The summed E-state index contributed by atoms with van der Waals surface area (Å²) < 4.78 is 67.9. The first kappa shape index (κ1) is 25.7. The molecule has 1 aliphatic heterocycles. The zero-order valence-electron chi connectivity index (χ0n) is 15.1. The van der Waals surface area contributed by atoms with Gasteiger partial charge in [0.25, 0.3) is 0 Å². The maximum atomic E-state index is 12.1. The lowest BCUT2D eigenvalue weighted by Crippen LogP contribution is -2.39. The third-order valence-electron chi connectivity index (χ3n) is 3.20. The van der Waals surface area contributed by atoms with E-state index in [1.54, 1.807) is 6.08 Å². The molecule has 0 spiro atoms. The Hall–Kier alpha value is -2.31. The Morgan fingerprint density at radius 3 is 2.14 bits per heavy atom. The minimum Gasteiger partial charge on any atom is -0.475 e. The molecule has 1 aliphatic rings. The van der Waals surface area contributed by atoms with Crippen LogP contribution >= 0.6 is 0 Å². The van der Waals surface area contributed by atoms with Crippen molar-refractivity contribution in [1.82, 2.24) is 15.1 Å². The number of carboxylic acid groups (broad SMARTS) is 1. The van der Waals surface area contributed by atoms with Crippen LogP contribution in [0, 0.1) is 0 Å². The molecule has 0 aromatic heterocycles. The number of carbonyl (C=O) groups is 3. The molecular weight excluding hydrogens is 400 g/mol. The van der Waals surface area contributed by atoms with Gasteiger partial charge in [-0.1, -0.05) is 6.08 Å². The normalized spacial score (nSPS) is 17.5. The third-order valence-corrected chi connectivity index (χ3v) is 3.20. The molecule has 2 N–H and O–H groups in total. The second kappa shape index (κ2) is 10.9. The van der Waals surface area contributed by atoms with Gasteiger partial charge >= 0.3 is 18.3 Å². The Kier molecular flexibility index (Phi) is 9.98. The minimum absolute atomic E-state index is 0.190. The number of hydrogen-bond donors (Lipinski definition) is 2. The monoisotopic (exact) mass is 421 g/mol. The Bertz CT molecular complexity index is 575. The van der Waals surface area contributed by atoms with Crippen molar-refractivity contribution in [1.29, 1.82) is 0 Å². The summed E-state index contributed by atoms with van der Waals surface area (Å²) in [5, 5.41) is 9.43. The fraction of sp³-hybridized carbons (Fsp3) is 0.667. The maximum absolute atomic E-state index is 12.1. The summed E-state index contributed by atoms with van der Waals surface area (Å²) in [5.74, 6) is -4.00. The van der Waals surface area contributed by atoms with Gasteiger partial charge in [-0.2, -0.15) is 26.3 Å². The fourth-order valence-electron chi connectivity index (χ4n) is 2.01. The number of aliphatic carboxylic acids is 1. The summed E-state index contributed by atoms with van der Waals surface area (Å²) in [6, 6.07) is -0.411. The maximum Gasteiger partial charge on any atom is 0.490 e. The molecule has 1 heterocycles. The van der Waals surface area contributed by atoms with Crippen LogP contribution in [0.2, 0.25) is 0 Å². The Balaban J connectivity index is 0.000000887. The van der Waals surface area contributed by atoms with Crippen LogP contribution < -0.4 is 5.32 Å². The van der Waals surface area contributed by atoms with Crippen molar-refractivity contribution in [3.63, 3.8) is 0 Å². The van der Waals surface area contributed by atoms with E-state index in [1.807, 2.05) is 19.0 Å². The highest BCUT2D eigenvalue weighted by Crippen LogP contribution is 2.19. The Morgan fingerprint density at radius 2 is 1.71 bits per heavy atom. The van der Waals surface area contributed by atoms with Crippen molar-refractivity contribution >= 4 is 17.8 Å². The molecule has 0 aromatic carbocycles. The third kappa shape index (κ3) is 12.1. The van der Waals surface area contributed by atoms with Crippen molar-refractivity contribution in [3.8, 4) is 0 Å². The van der Waals surface area contributed by atoms with E-state index in [9.17, 15) is 35.9 Å². The second-order valence-corrected chi connectivity index (χ2v) is 6.10. The summed E-state index contributed by atoms with van der Waals surface area (Å²) >= 11 is 0. The Labute approximate surface area is 157 Å². The second-order valence-electron chi connectivity index (χ2n) is 6.10. The number of nitrogens with one attached hydrogen (secondary N) is 1. The van der Waals surface area contributed by atoms with Gasteiger partial charge in [0, 0.05) is 31.8 Å². The largest absolute Gasteiger partial charge is 0.490 e. The van der Waals surface area contributed by atoms with Gasteiger partial charge in [-0.25, -0.2) is 4.79 Å².